The molecule has 0 saturated carbocycles. The zero-order valence-electron chi connectivity index (χ0n) is 16.8. The molecule has 3 rings (SSSR count). The van der Waals surface area contributed by atoms with Gasteiger partial charge in [0.15, 0.2) is 5.16 Å². The fraction of sp³-hybridized carbons (Fsp3) is 0.571. The van der Waals surface area contributed by atoms with Crippen LogP contribution < -0.4 is 5.32 Å². The lowest BCUT2D eigenvalue weighted by atomic mass is 10.1. The number of carbonyl (C=O) groups excluding carboxylic acids is 1. The van der Waals surface area contributed by atoms with Gasteiger partial charge >= 0.3 is 0 Å². The van der Waals surface area contributed by atoms with E-state index in [1.165, 1.54) is 17.3 Å². The van der Waals surface area contributed by atoms with Gasteiger partial charge in [0.25, 0.3) is 0 Å². The number of benzene rings is 1. The Kier molecular flexibility index (Phi) is 7.91. The number of aromatic nitrogens is 3. The lowest BCUT2D eigenvalue weighted by molar-refractivity contribution is -0.119. The van der Waals surface area contributed by atoms with Gasteiger partial charge in [-0.2, -0.15) is 0 Å². The summed E-state index contributed by atoms with van der Waals surface area (Å²) < 4.78 is 7.72. The van der Waals surface area contributed by atoms with Crippen LogP contribution >= 0.6 is 11.8 Å². The maximum atomic E-state index is 12.2. The molecule has 7 heteroatoms. The third kappa shape index (κ3) is 6.34. The van der Waals surface area contributed by atoms with E-state index in [1.54, 1.807) is 0 Å². The van der Waals surface area contributed by atoms with Crippen LogP contribution in [0.3, 0.4) is 0 Å². The molecule has 0 unspecified atom stereocenters. The van der Waals surface area contributed by atoms with Gasteiger partial charge < -0.3 is 14.6 Å². The van der Waals surface area contributed by atoms with Crippen molar-refractivity contribution in [3.05, 3.63) is 41.7 Å². The largest absolute Gasteiger partial charge is 0.376 e. The van der Waals surface area contributed by atoms with E-state index < -0.39 is 0 Å². The summed E-state index contributed by atoms with van der Waals surface area (Å²) in [5.74, 6) is 1.84. The number of nitrogens with one attached hydrogen (secondary N) is 1. The molecule has 1 amide bonds. The summed E-state index contributed by atoms with van der Waals surface area (Å²) in [6, 6.07) is 10.4. The molecule has 2 heterocycles. The second kappa shape index (κ2) is 10.6. The minimum absolute atomic E-state index is 0.0189. The molecule has 0 bridgehead atoms. The standard InChI is InChI=1S/C21H30N4O2S/c1-16(2)14-25-19(11-10-17-7-4-3-5-8-17)23-24-21(25)28-15-20(26)22-13-18-9-6-12-27-18/h3-5,7-8,16,18H,6,9-15H2,1-2H3,(H,22,26)/t18-/m0/s1. The van der Waals surface area contributed by atoms with Crippen molar-refractivity contribution in [2.45, 2.75) is 57.3 Å². The summed E-state index contributed by atoms with van der Waals surface area (Å²) >= 11 is 1.46. The number of thioether (sulfide) groups is 1. The van der Waals surface area contributed by atoms with Gasteiger partial charge in [-0.05, 0) is 30.7 Å². The van der Waals surface area contributed by atoms with E-state index in [0.717, 1.165) is 49.8 Å². The molecule has 1 fully saturated rings. The quantitative estimate of drug-likeness (QED) is 0.619. The monoisotopic (exact) mass is 402 g/mol. The molecule has 1 aromatic carbocycles. The van der Waals surface area contributed by atoms with Crippen molar-refractivity contribution in [2.24, 2.45) is 5.92 Å². The molecule has 28 heavy (non-hydrogen) atoms. The van der Waals surface area contributed by atoms with Crippen LogP contribution in [0.4, 0.5) is 0 Å². The number of hydrogen-bond acceptors (Lipinski definition) is 5. The van der Waals surface area contributed by atoms with Crippen LogP contribution in [0.5, 0.6) is 0 Å². The highest BCUT2D eigenvalue weighted by Crippen LogP contribution is 2.20. The van der Waals surface area contributed by atoms with Gasteiger partial charge in [-0.3, -0.25) is 4.79 Å². The fourth-order valence-corrected chi connectivity index (χ4v) is 4.07. The van der Waals surface area contributed by atoms with Crippen molar-refractivity contribution in [3.63, 3.8) is 0 Å². The lowest BCUT2D eigenvalue weighted by Gasteiger charge is -2.13. The SMILES string of the molecule is CC(C)Cn1c(CCc2ccccc2)nnc1SCC(=O)NC[C@@H]1CCCO1. The summed E-state index contributed by atoms with van der Waals surface area (Å²) in [7, 11) is 0. The van der Waals surface area contributed by atoms with Crippen molar-refractivity contribution < 1.29 is 9.53 Å². The van der Waals surface area contributed by atoms with Crippen molar-refractivity contribution >= 4 is 17.7 Å². The van der Waals surface area contributed by atoms with Crippen LogP contribution in [0.25, 0.3) is 0 Å². The van der Waals surface area contributed by atoms with Crippen molar-refractivity contribution in [2.75, 3.05) is 18.9 Å². The first-order valence-electron chi connectivity index (χ1n) is 10.1. The highest BCUT2D eigenvalue weighted by molar-refractivity contribution is 7.99. The van der Waals surface area contributed by atoms with E-state index in [1.807, 2.05) is 6.07 Å². The van der Waals surface area contributed by atoms with Gasteiger partial charge in [0.2, 0.25) is 5.91 Å². The summed E-state index contributed by atoms with van der Waals surface area (Å²) in [4.78, 5) is 12.2. The molecule has 2 aromatic rings. The molecule has 152 valence electrons. The number of nitrogens with zero attached hydrogens (tertiary/aromatic N) is 3. The summed E-state index contributed by atoms with van der Waals surface area (Å²) in [5, 5.41) is 12.6. The van der Waals surface area contributed by atoms with E-state index in [0.29, 0.717) is 18.2 Å². The van der Waals surface area contributed by atoms with Crippen LogP contribution in [0.2, 0.25) is 0 Å². The molecule has 0 radical (unpaired) electrons. The molecule has 1 aliphatic rings. The van der Waals surface area contributed by atoms with Gasteiger partial charge in [-0.25, -0.2) is 0 Å². The van der Waals surface area contributed by atoms with Crippen molar-refractivity contribution in [1.29, 1.82) is 0 Å². The number of hydrogen-bond donors (Lipinski definition) is 1. The first-order chi connectivity index (χ1) is 13.6. The van der Waals surface area contributed by atoms with Gasteiger partial charge in [0.1, 0.15) is 5.82 Å². The Morgan fingerprint density at radius 1 is 1.29 bits per heavy atom. The number of carbonyl (C=O) groups is 1. The predicted molar refractivity (Wildman–Crippen MR) is 111 cm³/mol. The fourth-order valence-electron chi connectivity index (χ4n) is 3.27. The third-order valence-electron chi connectivity index (χ3n) is 4.70. The van der Waals surface area contributed by atoms with Crippen molar-refractivity contribution in [3.8, 4) is 0 Å². The van der Waals surface area contributed by atoms with Crippen LogP contribution in [0.15, 0.2) is 35.5 Å². The maximum Gasteiger partial charge on any atom is 0.230 e. The summed E-state index contributed by atoms with van der Waals surface area (Å²) in [6.45, 7) is 6.63. The Balaban J connectivity index is 1.55. The Morgan fingerprint density at radius 2 is 2.11 bits per heavy atom. The topological polar surface area (TPSA) is 69.0 Å². The van der Waals surface area contributed by atoms with Crippen LogP contribution in [-0.2, 0) is 28.9 Å². The Morgan fingerprint density at radius 3 is 2.82 bits per heavy atom. The Hall–Kier alpha value is -1.86. The van der Waals surface area contributed by atoms with Gasteiger partial charge in [-0.1, -0.05) is 55.9 Å². The zero-order chi connectivity index (χ0) is 19.8. The highest BCUT2D eigenvalue weighted by atomic mass is 32.2. The molecule has 0 spiro atoms. The highest BCUT2D eigenvalue weighted by Gasteiger charge is 2.18. The normalized spacial score (nSPS) is 16.6. The first-order valence-corrected chi connectivity index (χ1v) is 11.1. The van der Waals surface area contributed by atoms with Gasteiger partial charge in [0, 0.05) is 26.1 Å². The van der Waals surface area contributed by atoms with E-state index >= 15 is 0 Å². The minimum atomic E-state index is 0.0189. The third-order valence-corrected chi connectivity index (χ3v) is 5.67. The Labute approximate surface area is 171 Å². The molecule has 1 saturated heterocycles. The van der Waals surface area contributed by atoms with E-state index in [9.17, 15) is 4.79 Å². The molecule has 1 N–H and O–H groups in total. The van der Waals surface area contributed by atoms with E-state index in [-0.39, 0.29) is 12.0 Å². The smallest absolute Gasteiger partial charge is 0.230 e. The number of amides is 1. The number of rotatable bonds is 10. The average Bonchev–Trinajstić information content (AvgIpc) is 3.34. The maximum absolute atomic E-state index is 12.2. The van der Waals surface area contributed by atoms with Gasteiger partial charge in [-0.15, -0.1) is 10.2 Å². The van der Waals surface area contributed by atoms with E-state index in [2.05, 4.69) is 58.2 Å². The van der Waals surface area contributed by atoms with Crippen molar-refractivity contribution in [1.82, 2.24) is 20.1 Å². The van der Waals surface area contributed by atoms with E-state index in [4.69, 9.17) is 4.74 Å². The number of ether oxygens (including phenoxy) is 1. The molecule has 1 aromatic heterocycles. The molecule has 1 atom stereocenters. The van der Waals surface area contributed by atoms with Crippen LogP contribution in [0, 0.1) is 5.92 Å². The summed E-state index contributed by atoms with van der Waals surface area (Å²) in [6.07, 6.45) is 4.06. The summed E-state index contributed by atoms with van der Waals surface area (Å²) in [5.41, 5.74) is 1.30. The molecule has 1 aliphatic heterocycles. The molecule has 0 aliphatic carbocycles. The predicted octanol–water partition coefficient (Wildman–Crippen LogP) is 3.11. The second-order valence-electron chi connectivity index (χ2n) is 7.62. The first kappa shape index (κ1) is 20.9. The number of aryl methyl sites for hydroxylation is 2. The minimum Gasteiger partial charge on any atom is -0.376 e. The molecular formula is C21H30N4O2S. The average molecular weight is 403 g/mol. The zero-order valence-corrected chi connectivity index (χ0v) is 17.6. The van der Waals surface area contributed by atoms with Crippen LogP contribution in [0.1, 0.15) is 38.1 Å². The second-order valence-corrected chi connectivity index (χ2v) is 8.56. The Bertz CT molecular complexity index is 742. The lowest BCUT2D eigenvalue weighted by Crippen LogP contribution is -2.33. The van der Waals surface area contributed by atoms with Gasteiger partial charge in [0.05, 0.1) is 11.9 Å². The molecule has 6 nitrogen and oxygen atoms in total. The van der Waals surface area contributed by atoms with Crippen LogP contribution in [-0.4, -0.2) is 45.7 Å². The molecular weight excluding hydrogens is 372 g/mol.